The van der Waals surface area contributed by atoms with Gasteiger partial charge in [0, 0.05) is 0 Å². The maximum atomic E-state index is 12.7. The van der Waals surface area contributed by atoms with Crippen LogP contribution in [0, 0.1) is 6.92 Å². The van der Waals surface area contributed by atoms with Gasteiger partial charge >= 0.3 is 5.97 Å². The summed E-state index contributed by atoms with van der Waals surface area (Å²) in [6, 6.07) is 14.1. The van der Waals surface area contributed by atoms with Gasteiger partial charge < -0.3 is 4.74 Å². The van der Waals surface area contributed by atoms with Crippen molar-refractivity contribution in [2.75, 3.05) is 0 Å². The van der Waals surface area contributed by atoms with Gasteiger partial charge in [-0.05, 0) is 36.6 Å². The summed E-state index contributed by atoms with van der Waals surface area (Å²) < 4.78 is 30.7. The third kappa shape index (κ3) is 5.19. The van der Waals surface area contributed by atoms with E-state index in [-0.39, 0.29) is 16.5 Å². The van der Waals surface area contributed by atoms with Crippen molar-refractivity contribution in [2.24, 2.45) is 0 Å². The SMILES string of the molecule is CCc1ccc(OC(=O)c2nc(S(=O)(=O)Cc3cccc(C)c3)ncc2Cl)cc1. The van der Waals surface area contributed by atoms with Gasteiger partial charge in [0.25, 0.3) is 0 Å². The zero-order chi connectivity index (χ0) is 21.0. The third-order valence-corrected chi connectivity index (χ3v) is 5.92. The second-order valence-corrected chi connectivity index (χ2v) is 8.77. The highest BCUT2D eigenvalue weighted by Gasteiger charge is 2.24. The van der Waals surface area contributed by atoms with Crippen LogP contribution in [0.15, 0.2) is 59.9 Å². The van der Waals surface area contributed by atoms with Gasteiger partial charge in [0.15, 0.2) is 5.69 Å². The first-order valence-corrected chi connectivity index (χ1v) is 10.9. The molecule has 0 aliphatic rings. The van der Waals surface area contributed by atoms with Crippen LogP contribution in [0.25, 0.3) is 0 Å². The molecule has 0 unspecified atom stereocenters. The second kappa shape index (κ2) is 8.71. The number of benzene rings is 2. The fourth-order valence-electron chi connectivity index (χ4n) is 2.68. The van der Waals surface area contributed by atoms with Crippen molar-refractivity contribution in [3.8, 4) is 5.75 Å². The third-order valence-electron chi connectivity index (χ3n) is 4.17. The first kappa shape index (κ1) is 21.0. The largest absolute Gasteiger partial charge is 0.422 e. The van der Waals surface area contributed by atoms with Gasteiger partial charge in [0.05, 0.1) is 17.0 Å². The molecule has 2 aromatic carbocycles. The van der Waals surface area contributed by atoms with Crippen molar-refractivity contribution in [1.82, 2.24) is 9.97 Å². The summed E-state index contributed by atoms with van der Waals surface area (Å²) in [5.74, 6) is -0.830. The zero-order valence-electron chi connectivity index (χ0n) is 15.9. The Labute approximate surface area is 174 Å². The lowest BCUT2D eigenvalue weighted by molar-refractivity contribution is 0.0727. The molecule has 0 N–H and O–H groups in total. The smallest absolute Gasteiger partial charge is 0.364 e. The second-order valence-electron chi connectivity index (χ2n) is 6.48. The number of esters is 1. The molecule has 0 aliphatic carbocycles. The molecule has 0 radical (unpaired) electrons. The van der Waals surface area contributed by atoms with Crippen LogP contribution in [-0.2, 0) is 22.0 Å². The minimum absolute atomic E-state index is 0.0883. The van der Waals surface area contributed by atoms with Crippen LogP contribution in [0.3, 0.4) is 0 Å². The Balaban J connectivity index is 1.85. The van der Waals surface area contributed by atoms with E-state index < -0.39 is 21.0 Å². The monoisotopic (exact) mass is 430 g/mol. The molecule has 1 aromatic heterocycles. The topological polar surface area (TPSA) is 86.2 Å². The fourth-order valence-corrected chi connectivity index (χ4v) is 4.04. The number of sulfone groups is 1. The van der Waals surface area contributed by atoms with E-state index in [4.69, 9.17) is 16.3 Å². The van der Waals surface area contributed by atoms with Crippen LogP contribution in [0.1, 0.15) is 34.1 Å². The predicted molar refractivity (Wildman–Crippen MR) is 110 cm³/mol. The first-order valence-electron chi connectivity index (χ1n) is 8.90. The molecular formula is C21H19ClN2O4S. The molecule has 1 heterocycles. The van der Waals surface area contributed by atoms with Gasteiger partial charge in [-0.25, -0.2) is 23.2 Å². The van der Waals surface area contributed by atoms with Gasteiger partial charge in [0.2, 0.25) is 15.0 Å². The standard InChI is InChI=1S/C21H19ClN2O4S/c1-3-15-7-9-17(10-8-15)28-20(25)19-18(22)12-23-21(24-19)29(26,27)13-16-6-4-5-14(2)11-16/h4-12H,3,13H2,1-2H3. The average molecular weight is 431 g/mol. The predicted octanol–water partition coefficient (Wildman–Crippen LogP) is 4.19. The summed E-state index contributed by atoms with van der Waals surface area (Å²) in [7, 11) is -3.87. The summed E-state index contributed by atoms with van der Waals surface area (Å²) in [6.45, 7) is 3.89. The van der Waals surface area contributed by atoms with E-state index in [1.165, 1.54) is 0 Å². The lowest BCUT2D eigenvalue weighted by atomic mass is 10.2. The van der Waals surface area contributed by atoms with E-state index in [0.29, 0.717) is 11.3 Å². The Kier molecular flexibility index (Phi) is 6.30. The molecule has 0 saturated carbocycles. The number of ether oxygens (including phenoxy) is 1. The van der Waals surface area contributed by atoms with Gasteiger partial charge in [-0.3, -0.25) is 0 Å². The molecule has 0 atom stereocenters. The van der Waals surface area contributed by atoms with E-state index in [1.807, 2.05) is 32.0 Å². The highest BCUT2D eigenvalue weighted by molar-refractivity contribution is 7.90. The molecule has 0 spiro atoms. The maximum absolute atomic E-state index is 12.7. The van der Waals surface area contributed by atoms with Crippen molar-refractivity contribution in [3.05, 3.63) is 82.1 Å². The number of halogens is 1. The zero-order valence-corrected chi connectivity index (χ0v) is 17.5. The van der Waals surface area contributed by atoms with Gasteiger partial charge in [-0.15, -0.1) is 0 Å². The summed E-state index contributed by atoms with van der Waals surface area (Å²) in [4.78, 5) is 20.2. The summed E-state index contributed by atoms with van der Waals surface area (Å²) in [5.41, 5.74) is 2.33. The Morgan fingerprint density at radius 2 is 1.83 bits per heavy atom. The van der Waals surface area contributed by atoms with Crippen LogP contribution in [0.5, 0.6) is 5.75 Å². The molecule has 150 valence electrons. The summed E-state index contributed by atoms with van der Waals surface area (Å²) >= 11 is 6.02. The molecule has 0 fully saturated rings. The van der Waals surface area contributed by atoms with Crippen LogP contribution in [0.4, 0.5) is 0 Å². The Hall–Kier alpha value is -2.77. The van der Waals surface area contributed by atoms with Crippen molar-refractivity contribution < 1.29 is 17.9 Å². The van der Waals surface area contributed by atoms with Crippen molar-refractivity contribution in [2.45, 2.75) is 31.2 Å². The Morgan fingerprint density at radius 3 is 2.48 bits per heavy atom. The molecular weight excluding hydrogens is 412 g/mol. The molecule has 3 rings (SSSR count). The lowest BCUT2D eigenvalue weighted by Crippen LogP contribution is -2.16. The fraction of sp³-hybridized carbons (Fsp3) is 0.190. The van der Waals surface area contributed by atoms with E-state index >= 15 is 0 Å². The van der Waals surface area contributed by atoms with E-state index in [1.54, 1.807) is 30.3 Å². The normalized spacial score (nSPS) is 11.3. The molecule has 8 heteroatoms. The lowest BCUT2D eigenvalue weighted by Gasteiger charge is -2.08. The van der Waals surface area contributed by atoms with E-state index in [0.717, 1.165) is 23.7 Å². The average Bonchev–Trinajstić information content (AvgIpc) is 2.68. The summed E-state index contributed by atoms with van der Waals surface area (Å²) in [6.07, 6.45) is 1.95. The van der Waals surface area contributed by atoms with Crippen molar-refractivity contribution in [3.63, 3.8) is 0 Å². The van der Waals surface area contributed by atoms with Crippen LogP contribution in [0.2, 0.25) is 5.02 Å². The number of hydrogen-bond acceptors (Lipinski definition) is 6. The summed E-state index contributed by atoms with van der Waals surface area (Å²) in [5, 5.41) is -0.564. The molecule has 29 heavy (non-hydrogen) atoms. The molecule has 0 bridgehead atoms. The van der Waals surface area contributed by atoms with Gasteiger partial charge in [-0.1, -0.05) is 60.5 Å². The highest BCUT2D eigenvalue weighted by Crippen LogP contribution is 2.20. The number of carbonyl (C=O) groups excluding carboxylic acids is 1. The van der Waals surface area contributed by atoms with Crippen LogP contribution >= 0.6 is 11.6 Å². The van der Waals surface area contributed by atoms with Crippen LogP contribution < -0.4 is 4.74 Å². The number of carbonyl (C=O) groups is 1. The molecule has 3 aromatic rings. The quantitative estimate of drug-likeness (QED) is 0.331. The van der Waals surface area contributed by atoms with Crippen LogP contribution in [-0.4, -0.2) is 24.4 Å². The molecule has 0 aliphatic heterocycles. The Morgan fingerprint density at radius 1 is 1.10 bits per heavy atom. The number of rotatable bonds is 6. The highest BCUT2D eigenvalue weighted by atomic mass is 35.5. The van der Waals surface area contributed by atoms with E-state index in [2.05, 4.69) is 9.97 Å². The minimum Gasteiger partial charge on any atom is -0.422 e. The van der Waals surface area contributed by atoms with Crippen molar-refractivity contribution >= 4 is 27.4 Å². The van der Waals surface area contributed by atoms with Crippen molar-refractivity contribution in [1.29, 1.82) is 0 Å². The van der Waals surface area contributed by atoms with E-state index in [9.17, 15) is 13.2 Å². The maximum Gasteiger partial charge on any atom is 0.364 e. The minimum atomic E-state index is -3.87. The molecule has 0 saturated heterocycles. The Bertz CT molecular complexity index is 1150. The molecule has 0 amide bonds. The first-order chi connectivity index (χ1) is 13.8. The molecule has 6 nitrogen and oxygen atoms in total. The number of aromatic nitrogens is 2. The number of nitrogens with zero attached hydrogens (tertiary/aromatic N) is 2. The number of hydrogen-bond donors (Lipinski definition) is 0. The van der Waals surface area contributed by atoms with Gasteiger partial charge in [0.1, 0.15) is 5.75 Å². The number of aryl methyl sites for hydroxylation is 2. The van der Waals surface area contributed by atoms with Gasteiger partial charge in [-0.2, -0.15) is 0 Å².